The van der Waals surface area contributed by atoms with Gasteiger partial charge in [-0.3, -0.25) is 0 Å². The molecular formula is C55H90O6Si3. The summed E-state index contributed by atoms with van der Waals surface area (Å²) in [7, 11) is -4.60. The molecule has 0 unspecified atom stereocenters. The van der Waals surface area contributed by atoms with E-state index in [0.29, 0.717) is 19.1 Å². The van der Waals surface area contributed by atoms with E-state index in [2.05, 4.69) is 180 Å². The smallest absolute Gasteiger partial charge is 0.261 e. The third-order valence-electron chi connectivity index (χ3n) is 14.2. The van der Waals surface area contributed by atoms with Gasteiger partial charge in [-0.1, -0.05) is 175 Å². The first-order chi connectivity index (χ1) is 30.2. The molecule has 0 amide bonds. The molecule has 9 heteroatoms. The van der Waals surface area contributed by atoms with Gasteiger partial charge in [0.2, 0.25) is 0 Å². The number of aliphatic hydroxyl groups excluding tert-OH is 2. The minimum Gasteiger partial charge on any atom is -0.497 e. The van der Waals surface area contributed by atoms with Crippen molar-refractivity contribution < 1.29 is 28.5 Å². The number of hydrogen-bond acceptors (Lipinski definition) is 6. The Morgan fingerprint density at radius 3 is 1.69 bits per heavy atom. The zero-order valence-corrected chi connectivity index (χ0v) is 45.9. The monoisotopic (exact) mass is 931 g/mol. The van der Waals surface area contributed by atoms with Crippen LogP contribution in [-0.2, 0) is 20.2 Å². The second-order valence-corrected chi connectivity index (χ2v) is 34.8. The van der Waals surface area contributed by atoms with Crippen LogP contribution >= 0.6 is 0 Å². The highest BCUT2D eigenvalue weighted by Gasteiger charge is 2.50. The van der Waals surface area contributed by atoms with Crippen molar-refractivity contribution in [2.45, 2.75) is 182 Å². The van der Waals surface area contributed by atoms with Crippen LogP contribution in [0.1, 0.15) is 114 Å². The average Bonchev–Trinajstić information content (AvgIpc) is 3.28. The Kier molecular flexibility index (Phi) is 22.8. The van der Waals surface area contributed by atoms with Gasteiger partial charge in [0.1, 0.15) is 13.8 Å². The standard InChI is InChI=1S/C55H90O6Si3/c1-16-46(41-60-64(55(9,10)11,49-29-22-20-23-30-49)50-31-24-21-25-32-50)38-43(6)53(61-63(17-2,18-3)19-4)45(8)54(59-40-47-33-35-48(58-12)36-34-47)44(7)52(57)39-51(56)42(5)28-26-27-37-62(13,14)15/h20-25,29-36,42-46,51-54,56-57H,16-19,26,28,38-41H2,1-15H3/t42-,43-,44-,45+,46-,51-,52-,53-,54-/m0/s1. The van der Waals surface area contributed by atoms with Gasteiger partial charge < -0.3 is 28.5 Å². The minimum absolute atomic E-state index is 0.0207. The highest BCUT2D eigenvalue weighted by atomic mass is 28.4. The molecule has 3 aromatic rings. The van der Waals surface area contributed by atoms with Crippen LogP contribution in [0.3, 0.4) is 0 Å². The van der Waals surface area contributed by atoms with E-state index in [9.17, 15) is 10.2 Å². The van der Waals surface area contributed by atoms with Crippen LogP contribution in [0, 0.1) is 41.1 Å². The van der Waals surface area contributed by atoms with Crippen molar-refractivity contribution in [3.05, 3.63) is 90.5 Å². The number of methoxy groups -OCH3 is 1. The van der Waals surface area contributed by atoms with Crippen molar-refractivity contribution in [3.8, 4) is 17.2 Å². The van der Waals surface area contributed by atoms with E-state index in [1.54, 1.807) is 7.11 Å². The molecule has 0 fully saturated rings. The predicted molar refractivity (Wildman–Crippen MR) is 279 cm³/mol. The molecule has 0 bridgehead atoms. The van der Waals surface area contributed by atoms with Gasteiger partial charge in [0.15, 0.2) is 8.32 Å². The molecule has 0 heterocycles. The molecule has 2 N–H and O–H groups in total. The Morgan fingerprint density at radius 2 is 1.22 bits per heavy atom. The summed E-state index contributed by atoms with van der Waals surface area (Å²) < 4.78 is 27.7. The van der Waals surface area contributed by atoms with Crippen molar-refractivity contribution in [1.82, 2.24) is 0 Å². The Labute approximate surface area is 394 Å². The maximum atomic E-state index is 12.1. The zero-order valence-electron chi connectivity index (χ0n) is 42.9. The zero-order chi connectivity index (χ0) is 47.7. The predicted octanol–water partition coefficient (Wildman–Crippen LogP) is 12.3. The van der Waals surface area contributed by atoms with Gasteiger partial charge in [0.25, 0.3) is 8.32 Å². The molecule has 64 heavy (non-hydrogen) atoms. The summed E-state index contributed by atoms with van der Waals surface area (Å²) in [6.07, 6.45) is 1.95. The Bertz CT molecular complexity index is 1750. The highest BCUT2D eigenvalue weighted by Crippen LogP contribution is 2.40. The first-order valence-corrected chi connectivity index (χ1v) is 32.7. The van der Waals surface area contributed by atoms with Crippen molar-refractivity contribution in [3.63, 3.8) is 0 Å². The van der Waals surface area contributed by atoms with Crippen LogP contribution < -0.4 is 15.1 Å². The maximum Gasteiger partial charge on any atom is 0.261 e. The Balaban J connectivity index is 2.01. The molecule has 3 rings (SSSR count). The molecule has 0 aromatic heterocycles. The third kappa shape index (κ3) is 15.8. The van der Waals surface area contributed by atoms with Gasteiger partial charge in [0.05, 0.1) is 38.1 Å². The van der Waals surface area contributed by atoms with Crippen LogP contribution in [-0.4, -0.2) is 73.1 Å². The van der Waals surface area contributed by atoms with Gasteiger partial charge >= 0.3 is 0 Å². The second kappa shape index (κ2) is 26.1. The summed E-state index contributed by atoms with van der Waals surface area (Å²) in [5.41, 5.74) is 4.50. The third-order valence-corrected chi connectivity index (χ3v) is 24.8. The van der Waals surface area contributed by atoms with Crippen molar-refractivity contribution in [1.29, 1.82) is 0 Å². The van der Waals surface area contributed by atoms with Crippen molar-refractivity contribution >= 4 is 35.1 Å². The van der Waals surface area contributed by atoms with E-state index in [1.165, 1.54) is 10.4 Å². The lowest BCUT2D eigenvalue weighted by Crippen LogP contribution is -2.66. The van der Waals surface area contributed by atoms with E-state index in [4.69, 9.17) is 18.3 Å². The Morgan fingerprint density at radius 1 is 0.672 bits per heavy atom. The fourth-order valence-electron chi connectivity index (χ4n) is 9.66. The molecule has 0 aliphatic heterocycles. The minimum atomic E-state index is -2.72. The molecule has 0 saturated heterocycles. The largest absolute Gasteiger partial charge is 0.497 e. The summed E-state index contributed by atoms with van der Waals surface area (Å²) in [6.45, 7) is 33.0. The van der Waals surface area contributed by atoms with Gasteiger partial charge in [-0.25, -0.2) is 0 Å². The molecule has 0 aliphatic carbocycles. The van der Waals surface area contributed by atoms with E-state index in [1.807, 2.05) is 12.1 Å². The van der Waals surface area contributed by atoms with Gasteiger partial charge in [-0.15, -0.1) is 11.5 Å². The molecule has 0 spiro atoms. The second-order valence-electron chi connectivity index (χ2n) is 21.1. The normalized spacial score (nSPS) is 17.0. The highest BCUT2D eigenvalue weighted by molar-refractivity contribution is 6.99. The van der Waals surface area contributed by atoms with Crippen LogP contribution in [0.5, 0.6) is 5.75 Å². The van der Waals surface area contributed by atoms with E-state index in [-0.39, 0.29) is 47.3 Å². The van der Waals surface area contributed by atoms with Crippen LogP contribution in [0.25, 0.3) is 0 Å². The van der Waals surface area contributed by atoms with Gasteiger partial charge in [-0.05, 0) is 88.3 Å². The number of hydrogen-bond donors (Lipinski definition) is 2. The van der Waals surface area contributed by atoms with Crippen LogP contribution in [0.15, 0.2) is 84.9 Å². The molecule has 6 nitrogen and oxygen atoms in total. The molecule has 9 atom stereocenters. The number of rotatable bonds is 27. The molecule has 3 aromatic carbocycles. The number of ether oxygens (including phenoxy) is 2. The molecule has 0 radical (unpaired) electrons. The first-order valence-electron chi connectivity index (χ1n) is 24.7. The SMILES string of the molecule is CC[C@H](CO[Si](c1ccccc1)(c1ccccc1)C(C)(C)C)C[C@H](C)[C@H](O[Si](CC)(CC)CC)[C@@H](C)[C@@H](OCc1ccc(OC)cc1)[C@@H](C)[C@@H](O)C[C@H](O)[C@@H](C)CCC#C[Si](C)(C)C. The molecular weight excluding hydrogens is 841 g/mol. The van der Waals surface area contributed by atoms with E-state index in [0.717, 1.165) is 55.1 Å². The van der Waals surface area contributed by atoms with Gasteiger partial charge in [-0.2, -0.15) is 0 Å². The lowest BCUT2D eigenvalue weighted by molar-refractivity contribution is -0.106. The fraction of sp³-hybridized carbons (Fsp3) is 0.636. The maximum absolute atomic E-state index is 12.1. The van der Waals surface area contributed by atoms with Crippen LogP contribution in [0.2, 0.25) is 42.8 Å². The molecule has 0 saturated carbocycles. The summed E-state index contributed by atoms with van der Waals surface area (Å²) in [5.74, 6) is 4.38. The quantitative estimate of drug-likeness (QED) is 0.0586. The topological polar surface area (TPSA) is 77.4 Å². The van der Waals surface area contributed by atoms with Crippen molar-refractivity contribution in [2.24, 2.45) is 29.6 Å². The van der Waals surface area contributed by atoms with Crippen LogP contribution in [0.4, 0.5) is 0 Å². The molecule has 358 valence electrons. The summed E-state index contributed by atoms with van der Waals surface area (Å²) >= 11 is 0. The summed E-state index contributed by atoms with van der Waals surface area (Å²) in [6, 6.07) is 33.1. The Hall–Kier alpha value is -2.53. The van der Waals surface area contributed by atoms with E-state index < -0.39 is 36.9 Å². The summed E-state index contributed by atoms with van der Waals surface area (Å²) in [4.78, 5) is 0. The van der Waals surface area contributed by atoms with Crippen molar-refractivity contribution in [2.75, 3.05) is 13.7 Å². The first kappa shape index (κ1) is 55.8. The average molecular weight is 932 g/mol. The molecule has 0 aliphatic rings. The fourth-order valence-corrected chi connectivity index (χ4v) is 18.0. The lowest BCUT2D eigenvalue weighted by Gasteiger charge is -2.45. The number of aliphatic hydroxyl groups is 2. The van der Waals surface area contributed by atoms with Gasteiger partial charge in [0, 0.05) is 24.9 Å². The summed E-state index contributed by atoms with van der Waals surface area (Å²) in [5, 5.41) is 26.0. The van der Waals surface area contributed by atoms with E-state index >= 15 is 0 Å². The number of benzene rings is 3. The lowest BCUT2D eigenvalue weighted by atomic mass is 9.78.